The lowest BCUT2D eigenvalue weighted by Gasteiger charge is -2.35. The van der Waals surface area contributed by atoms with E-state index in [1.165, 1.54) is 10.2 Å². The first-order chi connectivity index (χ1) is 15.3. The van der Waals surface area contributed by atoms with Gasteiger partial charge in [-0.25, -0.2) is 12.4 Å². The fraction of sp³-hybridized carbons (Fsp3) is 0.333. The lowest BCUT2D eigenvalue weighted by molar-refractivity contribution is -0.217. The Kier molecular flexibility index (Phi) is 6.38. The van der Waals surface area contributed by atoms with E-state index in [0.717, 1.165) is 10.9 Å². The van der Waals surface area contributed by atoms with Crippen LogP contribution in [0.4, 0.5) is 0 Å². The minimum absolute atomic E-state index is 0.0877. The topological polar surface area (TPSA) is 104 Å². The lowest BCUT2D eigenvalue weighted by atomic mass is 10.0. The minimum atomic E-state index is -3.77. The van der Waals surface area contributed by atoms with Crippen molar-refractivity contribution in [3.8, 4) is 11.8 Å². The zero-order valence-electron chi connectivity index (χ0n) is 17.9. The van der Waals surface area contributed by atoms with E-state index in [0.29, 0.717) is 17.5 Å². The van der Waals surface area contributed by atoms with Crippen LogP contribution in [0.25, 0.3) is 10.9 Å². The normalized spacial score (nSPS) is 23.6. The second kappa shape index (κ2) is 9.06. The summed E-state index contributed by atoms with van der Waals surface area (Å²) >= 11 is 0. The number of nitrogens with zero attached hydrogens (tertiary/aromatic N) is 1. The standard InChI is InChI=1S/C24H26N2O5S/c1-16-9-11-19(12-10-16)32(28,29)26-15-18(20-7-3-4-8-22(20)26)6-5-13-30-23-14-21(25)24(27)17(2)31-23/h3-4,7-12,15,17,21,23-24,27H,13-14,25H2,1-2H3/t17-,21-,23+,24-/m0/s1. The highest BCUT2D eigenvalue weighted by Gasteiger charge is 2.33. The van der Waals surface area contributed by atoms with Crippen LogP contribution in [-0.4, -0.2) is 48.6 Å². The summed E-state index contributed by atoms with van der Waals surface area (Å²) in [6.45, 7) is 3.74. The van der Waals surface area contributed by atoms with Crippen LogP contribution in [0.3, 0.4) is 0 Å². The van der Waals surface area contributed by atoms with Gasteiger partial charge >= 0.3 is 0 Å². The number of hydrogen-bond acceptors (Lipinski definition) is 6. The molecular weight excluding hydrogens is 428 g/mol. The third-order valence-corrected chi connectivity index (χ3v) is 7.26. The lowest BCUT2D eigenvalue weighted by Crippen LogP contribution is -2.51. The van der Waals surface area contributed by atoms with E-state index in [-0.39, 0.29) is 11.5 Å². The summed E-state index contributed by atoms with van der Waals surface area (Å²) < 4.78 is 39.0. The van der Waals surface area contributed by atoms with Crippen molar-refractivity contribution >= 4 is 20.9 Å². The van der Waals surface area contributed by atoms with Crippen LogP contribution in [0.2, 0.25) is 0 Å². The number of aliphatic hydroxyl groups is 1. The second-order valence-electron chi connectivity index (χ2n) is 7.95. The third kappa shape index (κ3) is 4.44. The van der Waals surface area contributed by atoms with Gasteiger partial charge in [-0.05, 0) is 32.0 Å². The molecule has 0 spiro atoms. The van der Waals surface area contributed by atoms with Gasteiger partial charge in [-0.15, -0.1) is 0 Å². The van der Waals surface area contributed by atoms with Crippen LogP contribution in [0.1, 0.15) is 24.5 Å². The Labute approximate surface area is 187 Å². The van der Waals surface area contributed by atoms with Gasteiger partial charge in [0.1, 0.15) is 6.61 Å². The highest BCUT2D eigenvalue weighted by molar-refractivity contribution is 7.90. The molecule has 0 amide bonds. The predicted octanol–water partition coefficient (Wildman–Crippen LogP) is 2.38. The summed E-state index contributed by atoms with van der Waals surface area (Å²) in [6.07, 6.45) is 0.240. The summed E-state index contributed by atoms with van der Waals surface area (Å²) in [5.41, 5.74) is 8.04. The first-order valence-electron chi connectivity index (χ1n) is 10.4. The fourth-order valence-corrected chi connectivity index (χ4v) is 5.10. The SMILES string of the molecule is Cc1ccc(S(=O)(=O)n2cc(C#CCO[C@H]3C[C@H](N)[C@@H](O)[C@H](C)O3)c3ccccc32)cc1. The number of benzene rings is 2. The summed E-state index contributed by atoms with van der Waals surface area (Å²) in [5.74, 6) is 5.95. The number of aliphatic hydroxyl groups excluding tert-OH is 1. The van der Waals surface area contributed by atoms with Crippen molar-refractivity contribution < 1.29 is 23.0 Å². The molecule has 0 aliphatic carbocycles. The number of aryl methyl sites for hydroxylation is 1. The van der Waals surface area contributed by atoms with Gasteiger partial charge in [0, 0.05) is 24.0 Å². The van der Waals surface area contributed by atoms with Crippen LogP contribution in [-0.2, 0) is 19.5 Å². The van der Waals surface area contributed by atoms with E-state index in [1.807, 2.05) is 19.1 Å². The van der Waals surface area contributed by atoms with E-state index in [9.17, 15) is 13.5 Å². The molecule has 0 saturated carbocycles. The number of hydrogen-bond donors (Lipinski definition) is 2. The monoisotopic (exact) mass is 454 g/mol. The average Bonchev–Trinajstić information content (AvgIpc) is 3.15. The molecule has 4 rings (SSSR count). The Hall–Kier alpha value is -2.67. The summed E-state index contributed by atoms with van der Waals surface area (Å²) in [5, 5.41) is 10.6. The molecule has 2 aromatic carbocycles. The van der Waals surface area contributed by atoms with Crippen LogP contribution in [0.5, 0.6) is 0 Å². The number of nitrogens with two attached hydrogens (primary N) is 1. The molecule has 1 saturated heterocycles. The highest BCUT2D eigenvalue weighted by atomic mass is 32.2. The maximum Gasteiger partial charge on any atom is 0.268 e. The Balaban J connectivity index is 1.57. The number of aromatic nitrogens is 1. The number of ether oxygens (including phenoxy) is 2. The van der Waals surface area contributed by atoms with Crippen LogP contribution < -0.4 is 5.73 Å². The quantitative estimate of drug-likeness (QED) is 0.587. The summed E-state index contributed by atoms with van der Waals surface area (Å²) in [7, 11) is -3.77. The van der Waals surface area contributed by atoms with Crippen molar-refractivity contribution in [1.29, 1.82) is 0 Å². The number of para-hydroxylation sites is 1. The fourth-order valence-electron chi connectivity index (χ4n) is 3.73. The Morgan fingerprint density at radius 3 is 2.66 bits per heavy atom. The molecule has 0 bridgehead atoms. The first-order valence-corrected chi connectivity index (χ1v) is 11.8. The van der Waals surface area contributed by atoms with Crippen molar-refractivity contribution in [2.75, 3.05) is 6.61 Å². The van der Waals surface area contributed by atoms with Gasteiger partial charge in [0.2, 0.25) is 0 Å². The van der Waals surface area contributed by atoms with E-state index < -0.39 is 34.6 Å². The van der Waals surface area contributed by atoms with Crippen molar-refractivity contribution in [2.45, 2.75) is 49.7 Å². The predicted molar refractivity (Wildman–Crippen MR) is 121 cm³/mol. The van der Waals surface area contributed by atoms with Gasteiger partial charge in [-0.2, -0.15) is 0 Å². The summed E-state index contributed by atoms with van der Waals surface area (Å²) in [4.78, 5) is 0.216. The van der Waals surface area contributed by atoms with E-state index in [4.69, 9.17) is 15.2 Å². The second-order valence-corrected chi connectivity index (χ2v) is 9.76. The zero-order valence-corrected chi connectivity index (χ0v) is 18.7. The Morgan fingerprint density at radius 1 is 1.22 bits per heavy atom. The summed E-state index contributed by atoms with van der Waals surface area (Å²) in [6, 6.07) is 13.6. The largest absolute Gasteiger partial charge is 0.389 e. The first kappa shape index (κ1) is 22.5. The maximum atomic E-state index is 13.2. The van der Waals surface area contributed by atoms with E-state index in [2.05, 4.69) is 11.8 Å². The van der Waals surface area contributed by atoms with Gasteiger partial charge < -0.3 is 20.3 Å². The van der Waals surface area contributed by atoms with E-state index in [1.54, 1.807) is 43.3 Å². The minimum Gasteiger partial charge on any atom is -0.389 e. The van der Waals surface area contributed by atoms with Crippen molar-refractivity contribution in [1.82, 2.24) is 3.97 Å². The number of fused-ring (bicyclic) bond motifs is 1. The van der Waals surface area contributed by atoms with Gasteiger partial charge in [0.25, 0.3) is 10.0 Å². The molecule has 0 unspecified atom stereocenters. The number of rotatable bonds is 4. The van der Waals surface area contributed by atoms with E-state index >= 15 is 0 Å². The van der Waals surface area contributed by atoms with Crippen molar-refractivity contribution in [3.05, 3.63) is 65.9 Å². The Bertz CT molecular complexity index is 1260. The highest BCUT2D eigenvalue weighted by Crippen LogP contribution is 2.26. The molecule has 32 heavy (non-hydrogen) atoms. The van der Waals surface area contributed by atoms with Crippen LogP contribution in [0.15, 0.2) is 59.6 Å². The molecule has 3 N–H and O–H groups in total. The molecule has 1 fully saturated rings. The van der Waals surface area contributed by atoms with Crippen molar-refractivity contribution in [3.63, 3.8) is 0 Å². The Morgan fingerprint density at radius 2 is 1.94 bits per heavy atom. The van der Waals surface area contributed by atoms with Gasteiger partial charge in [0.05, 0.1) is 28.2 Å². The molecule has 0 radical (unpaired) electrons. The third-order valence-electron chi connectivity index (χ3n) is 5.57. The van der Waals surface area contributed by atoms with Gasteiger partial charge in [-0.3, -0.25) is 0 Å². The molecule has 1 aliphatic rings. The molecule has 7 nitrogen and oxygen atoms in total. The van der Waals surface area contributed by atoms with Crippen molar-refractivity contribution in [2.24, 2.45) is 5.73 Å². The molecular formula is C24H26N2O5S. The van der Waals surface area contributed by atoms with Gasteiger partial charge in [-0.1, -0.05) is 47.7 Å². The molecule has 8 heteroatoms. The molecule has 168 valence electrons. The molecule has 1 aromatic heterocycles. The van der Waals surface area contributed by atoms with Gasteiger partial charge in [0.15, 0.2) is 6.29 Å². The zero-order chi connectivity index (χ0) is 22.9. The molecule has 3 aromatic rings. The molecule has 4 atom stereocenters. The maximum absolute atomic E-state index is 13.2. The van der Waals surface area contributed by atoms with Crippen LogP contribution >= 0.6 is 0 Å². The van der Waals surface area contributed by atoms with Crippen LogP contribution in [0, 0.1) is 18.8 Å². The average molecular weight is 455 g/mol. The molecule has 1 aliphatic heterocycles. The molecule has 2 heterocycles. The smallest absolute Gasteiger partial charge is 0.268 e.